The van der Waals surface area contributed by atoms with Crippen molar-refractivity contribution in [2.24, 2.45) is 5.92 Å². The molecule has 0 aromatic rings. The van der Waals surface area contributed by atoms with Crippen molar-refractivity contribution in [3.05, 3.63) is 23.4 Å². The Morgan fingerprint density at radius 2 is 2.27 bits per heavy atom. The molecule has 0 N–H and O–H groups in total. The van der Waals surface area contributed by atoms with Crippen molar-refractivity contribution in [2.75, 3.05) is 13.1 Å². The molecule has 2 nitrogen and oxygen atoms in total. The van der Waals surface area contributed by atoms with E-state index >= 15 is 0 Å². The number of Topliss-reactive ketones (excluding diaryl/α,β-unsaturated/α-hetero) is 1. The quantitative estimate of drug-likeness (QED) is 0.666. The van der Waals surface area contributed by atoms with E-state index in [0.29, 0.717) is 12.1 Å². The van der Waals surface area contributed by atoms with Crippen LogP contribution in [0.2, 0.25) is 0 Å². The first-order chi connectivity index (χ1) is 7.15. The molecule has 1 atom stereocenters. The van der Waals surface area contributed by atoms with Crippen LogP contribution in [0.1, 0.15) is 19.8 Å². The van der Waals surface area contributed by atoms with Crippen LogP contribution in [0.4, 0.5) is 8.78 Å². The summed E-state index contributed by atoms with van der Waals surface area (Å²) >= 11 is 0. The number of hydrogen-bond acceptors (Lipinski definition) is 2. The van der Waals surface area contributed by atoms with Crippen molar-refractivity contribution in [3.63, 3.8) is 0 Å². The van der Waals surface area contributed by atoms with E-state index in [1.54, 1.807) is 0 Å². The Morgan fingerprint density at radius 3 is 2.93 bits per heavy atom. The number of carbonyl (C=O) groups is 1. The third-order valence-electron chi connectivity index (χ3n) is 3.04. The molecule has 82 valence electrons. The predicted octanol–water partition coefficient (Wildman–Crippen LogP) is 2.34. The van der Waals surface area contributed by atoms with Crippen molar-refractivity contribution in [3.8, 4) is 0 Å². The van der Waals surface area contributed by atoms with Gasteiger partial charge >= 0.3 is 0 Å². The molecule has 0 bridgehead atoms. The summed E-state index contributed by atoms with van der Waals surface area (Å²) in [5.74, 6) is -3.38. The Balaban J connectivity index is 2.39. The van der Waals surface area contributed by atoms with Crippen LogP contribution in [-0.4, -0.2) is 23.8 Å². The van der Waals surface area contributed by atoms with E-state index in [1.807, 2.05) is 11.8 Å². The van der Waals surface area contributed by atoms with Gasteiger partial charge in [0.15, 0.2) is 5.83 Å². The van der Waals surface area contributed by atoms with Crippen LogP contribution >= 0.6 is 0 Å². The lowest BCUT2D eigenvalue weighted by Crippen LogP contribution is -2.38. The summed E-state index contributed by atoms with van der Waals surface area (Å²) < 4.78 is 26.2. The number of ketones is 1. The highest BCUT2D eigenvalue weighted by atomic mass is 19.2. The first-order valence-corrected chi connectivity index (χ1v) is 5.21. The molecule has 1 unspecified atom stereocenters. The molecule has 1 heterocycles. The standard InChI is InChI=1S/C11H13F2NO/c1-2-14-5-3-4-7-9(14)6-8(12)10(13)11(7)15/h6-7H,2-5H2,1H3. The van der Waals surface area contributed by atoms with Crippen LogP contribution in [0, 0.1) is 5.92 Å². The van der Waals surface area contributed by atoms with E-state index in [1.165, 1.54) is 6.08 Å². The topological polar surface area (TPSA) is 20.3 Å². The second kappa shape index (κ2) is 3.76. The van der Waals surface area contributed by atoms with Crippen molar-refractivity contribution >= 4 is 5.78 Å². The highest BCUT2D eigenvalue weighted by Crippen LogP contribution is 2.35. The largest absolute Gasteiger partial charge is 0.374 e. The number of fused-ring (bicyclic) bond motifs is 1. The van der Waals surface area contributed by atoms with Crippen LogP contribution in [0.5, 0.6) is 0 Å². The number of hydrogen-bond donors (Lipinski definition) is 0. The van der Waals surface area contributed by atoms with E-state index in [4.69, 9.17) is 0 Å². The second-order valence-corrected chi connectivity index (χ2v) is 3.87. The van der Waals surface area contributed by atoms with Gasteiger partial charge in [-0.3, -0.25) is 4.79 Å². The van der Waals surface area contributed by atoms with Crippen molar-refractivity contribution < 1.29 is 13.6 Å². The minimum absolute atomic E-state index is 0.460. The van der Waals surface area contributed by atoms with E-state index in [2.05, 4.69) is 0 Å². The lowest BCUT2D eigenvalue weighted by molar-refractivity contribution is -0.121. The summed E-state index contributed by atoms with van der Waals surface area (Å²) in [6.07, 6.45) is 2.66. The number of allylic oxidation sites excluding steroid dienone is 4. The minimum atomic E-state index is -1.21. The Bertz CT molecular complexity index is 360. The molecule has 0 aromatic heterocycles. The summed E-state index contributed by atoms with van der Waals surface area (Å²) in [6.45, 7) is 3.49. The van der Waals surface area contributed by atoms with Gasteiger partial charge in [-0.2, -0.15) is 4.39 Å². The van der Waals surface area contributed by atoms with Gasteiger partial charge in [0.2, 0.25) is 11.6 Å². The molecule has 1 aliphatic heterocycles. The number of rotatable bonds is 1. The van der Waals surface area contributed by atoms with Crippen molar-refractivity contribution in [2.45, 2.75) is 19.8 Å². The maximum atomic E-state index is 13.1. The van der Waals surface area contributed by atoms with Gasteiger partial charge in [-0.05, 0) is 25.8 Å². The van der Waals surface area contributed by atoms with Crippen LogP contribution in [0.3, 0.4) is 0 Å². The van der Waals surface area contributed by atoms with Gasteiger partial charge in [-0.15, -0.1) is 0 Å². The molecule has 2 rings (SSSR count). The van der Waals surface area contributed by atoms with Gasteiger partial charge in [0.05, 0.1) is 5.92 Å². The third kappa shape index (κ3) is 1.58. The van der Waals surface area contributed by atoms with Gasteiger partial charge in [0.1, 0.15) is 0 Å². The fraction of sp³-hybridized carbons (Fsp3) is 0.545. The van der Waals surface area contributed by atoms with Crippen molar-refractivity contribution in [1.29, 1.82) is 0 Å². The monoisotopic (exact) mass is 213 g/mol. The van der Waals surface area contributed by atoms with Gasteiger partial charge in [-0.1, -0.05) is 0 Å². The normalized spacial score (nSPS) is 26.6. The molecule has 1 fully saturated rings. The molecule has 1 aliphatic carbocycles. The number of halogens is 2. The smallest absolute Gasteiger partial charge is 0.203 e. The Labute approximate surface area is 87.3 Å². The number of carbonyl (C=O) groups excluding carboxylic acids is 1. The first-order valence-electron chi connectivity index (χ1n) is 5.21. The van der Waals surface area contributed by atoms with Gasteiger partial charge in [-0.25, -0.2) is 4.39 Å². The Morgan fingerprint density at radius 1 is 1.53 bits per heavy atom. The third-order valence-corrected chi connectivity index (χ3v) is 3.04. The second-order valence-electron chi connectivity index (χ2n) is 3.87. The molecule has 0 radical (unpaired) electrons. The maximum absolute atomic E-state index is 13.1. The molecule has 0 aromatic carbocycles. The molecule has 0 saturated carbocycles. The van der Waals surface area contributed by atoms with Gasteiger partial charge < -0.3 is 4.90 Å². The Kier molecular flexibility index (Phi) is 2.59. The molecule has 4 heteroatoms. The number of piperidine rings is 1. The zero-order valence-electron chi connectivity index (χ0n) is 8.59. The van der Waals surface area contributed by atoms with Crippen LogP contribution in [-0.2, 0) is 4.79 Å². The zero-order chi connectivity index (χ0) is 11.0. The van der Waals surface area contributed by atoms with Gasteiger partial charge in [0, 0.05) is 18.8 Å². The van der Waals surface area contributed by atoms with Crippen molar-refractivity contribution in [1.82, 2.24) is 4.90 Å². The summed E-state index contributed by atoms with van der Waals surface area (Å²) in [7, 11) is 0. The Hall–Kier alpha value is -1.19. The highest BCUT2D eigenvalue weighted by molar-refractivity contribution is 5.99. The number of likely N-dealkylation sites (tertiary alicyclic amines) is 1. The van der Waals surface area contributed by atoms with E-state index in [9.17, 15) is 13.6 Å². The first kappa shape index (κ1) is 10.3. The molecule has 2 aliphatic rings. The average Bonchev–Trinajstić information content (AvgIpc) is 2.25. The highest BCUT2D eigenvalue weighted by Gasteiger charge is 2.36. The average molecular weight is 213 g/mol. The predicted molar refractivity (Wildman–Crippen MR) is 52.3 cm³/mol. The zero-order valence-corrected chi connectivity index (χ0v) is 8.59. The van der Waals surface area contributed by atoms with E-state index in [-0.39, 0.29) is 0 Å². The van der Waals surface area contributed by atoms with Gasteiger partial charge in [0.25, 0.3) is 0 Å². The molecular formula is C11H13F2NO. The summed E-state index contributed by atoms with van der Waals surface area (Å²) in [6, 6.07) is 0. The van der Waals surface area contributed by atoms with Crippen LogP contribution in [0.25, 0.3) is 0 Å². The SMILES string of the molecule is CCN1CCCC2C(=O)C(F)=C(F)C=C21. The lowest BCUT2D eigenvalue weighted by Gasteiger charge is -2.36. The maximum Gasteiger partial charge on any atom is 0.203 e. The lowest BCUT2D eigenvalue weighted by atomic mass is 9.86. The number of nitrogens with zero attached hydrogens (tertiary/aromatic N) is 1. The van der Waals surface area contributed by atoms with Crippen LogP contribution < -0.4 is 0 Å². The molecule has 0 spiro atoms. The molecular weight excluding hydrogens is 200 g/mol. The van der Waals surface area contributed by atoms with E-state index < -0.39 is 23.4 Å². The molecule has 15 heavy (non-hydrogen) atoms. The molecule has 0 amide bonds. The fourth-order valence-electron chi connectivity index (χ4n) is 2.25. The summed E-state index contributed by atoms with van der Waals surface area (Å²) in [5.41, 5.74) is 0.646. The van der Waals surface area contributed by atoms with Crippen LogP contribution in [0.15, 0.2) is 23.4 Å². The fourth-order valence-corrected chi connectivity index (χ4v) is 2.25. The van der Waals surface area contributed by atoms with E-state index in [0.717, 1.165) is 19.5 Å². The summed E-state index contributed by atoms with van der Waals surface area (Å²) in [4.78, 5) is 13.4. The summed E-state index contributed by atoms with van der Waals surface area (Å²) in [5, 5.41) is 0. The molecule has 1 saturated heterocycles. The minimum Gasteiger partial charge on any atom is -0.374 e.